The Balaban J connectivity index is 2.37. The van der Waals surface area contributed by atoms with E-state index in [1.807, 2.05) is 19.1 Å². The monoisotopic (exact) mass is 160 g/mol. The summed E-state index contributed by atoms with van der Waals surface area (Å²) in [6, 6.07) is 8.18. The van der Waals surface area contributed by atoms with Crippen LogP contribution in [0.15, 0.2) is 29.3 Å². The average Bonchev–Trinajstić information content (AvgIpc) is 2.61. The molecule has 1 heterocycles. The lowest BCUT2D eigenvalue weighted by Crippen LogP contribution is -2.26. The number of aryl methyl sites for hydroxylation is 1. The molecule has 1 aliphatic rings. The van der Waals surface area contributed by atoms with E-state index in [9.17, 15) is 0 Å². The molecule has 0 saturated carbocycles. The molecular weight excluding hydrogens is 148 g/mol. The number of nitrogens with zero attached hydrogens (tertiary/aromatic N) is 1. The summed E-state index contributed by atoms with van der Waals surface area (Å²) in [4.78, 5) is 4.19. The van der Waals surface area contributed by atoms with Crippen LogP contribution in [-0.2, 0) is 5.66 Å². The third-order valence-electron chi connectivity index (χ3n) is 2.30. The van der Waals surface area contributed by atoms with Gasteiger partial charge in [0.05, 0.1) is 5.71 Å². The molecule has 1 aliphatic heterocycles. The maximum Gasteiger partial charge on any atom is 0.172 e. The number of aliphatic imine (C=N–C) groups is 1. The fourth-order valence-corrected chi connectivity index (χ4v) is 1.39. The highest BCUT2D eigenvalue weighted by Crippen LogP contribution is 2.33. The van der Waals surface area contributed by atoms with E-state index in [1.54, 1.807) is 0 Å². The van der Waals surface area contributed by atoms with Gasteiger partial charge in [0, 0.05) is 0 Å². The van der Waals surface area contributed by atoms with E-state index in [1.165, 1.54) is 5.56 Å². The molecule has 2 heteroatoms. The fourth-order valence-electron chi connectivity index (χ4n) is 1.39. The van der Waals surface area contributed by atoms with Gasteiger partial charge in [0.2, 0.25) is 0 Å². The van der Waals surface area contributed by atoms with Crippen LogP contribution in [-0.4, -0.2) is 5.71 Å². The van der Waals surface area contributed by atoms with Gasteiger partial charge >= 0.3 is 0 Å². The molecule has 0 aromatic heterocycles. The van der Waals surface area contributed by atoms with Crippen LogP contribution < -0.4 is 5.73 Å². The Labute approximate surface area is 72.1 Å². The van der Waals surface area contributed by atoms with Gasteiger partial charge in [-0.3, -0.25) is 10.7 Å². The number of nitrogens with two attached hydrogens (primary N) is 1. The second kappa shape index (κ2) is 2.17. The summed E-state index contributed by atoms with van der Waals surface area (Å²) in [5, 5.41) is 0. The second-order valence-electron chi connectivity index (χ2n) is 3.33. The molecule has 2 N–H and O–H groups in total. The van der Waals surface area contributed by atoms with Crippen molar-refractivity contribution in [1.82, 2.24) is 0 Å². The standard InChI is InChI=1S/C10H12N2/c1-7-4-3-5-9(6-7)10(11)8(2)12-10/h3-6H,11H2,1-2H3. The molecule has 2 rings (SSSR count). The van der Waals surface area contributed by atoms with Crippen LogP contribution in [0.25, 0.3) is 0 Å². The van der Waals surface area contributed by atoms with E-state index in [2.05, 4.69) is 24.0 Å². The van der Waals surface area contributed by atoms with Crippen LogP contribution in [0.1, 0.15) is 18.1 Å². The van der Waals surface area contributed by atoms with Crippen LogP contribution in [0.5, 0.6) is 0 Å². The van der Waals surface area contributed by atoms with Gasteiger partial charge in [0.15, 0.2) is 5.66 Å². The van der Waals surface area contributed by atoms with E-state index < -0.39 is 5.66 Å². The normalized spacial score (nSPS) is 26.8. The Hall–Kier alpha value is -1.15. The molecule has 1 unspecified atom stereocenters. The van der Waals surface area contributed by atoms with Crippen LogP contribution in [0.3, 0.4) is 0 Å². The van der Waals surface area contributed by atoms with Crippen molar-refractivity contribution in [3.05, 3.63) is 35.4 Å². The molecule has 0 saturated heterocycles. The van der Waals surface area contributed by atoms with Crippen LogP contribution in [0.4, 0.5) is 0 Å². The van der Waals surface area contributed by atoms with E-state index in [0.29, 0.717) is 0 Å². The molecule has 0 fully saturated rings. The number of hydrogen-bond acceptors (Lipinski definition) is 2. The van der Waals surface area contributed by atoms with Gasteiger partial charge < -0.3 is 0 Å². The molecule has 12 heavy (non-hydrogen) atoms. The summed E-state index contributed by atoms with van der Waals surface area (Å²) in [6.45, 7) is 4.02. The maximum atomic E-state index is 5.98. The summed E-state index contributed by atoms with van der Waals surface area (Å²) in [5.41, 5.74) is 8.86. The van der Waals surface area contributed by atoms with Crippen LogP contribution in [0.2, 0.25) is 0 Å². The number of hydrogen-bond donors (Lipinski definition) is 1. The van der Waals surface area contributed by atoms with Gasteiger partial charge in [-0.05, 0) is 19.4 Å². The summed E-state index contributed by atoms with van der Waals surface area (Å²) < 4.78 is 0. The Morgan fingerprint density at radius 2 is 2.00 bits per heavy atom. The lowest BCUT2D eigenvalue weighted by atomic mass is 10.0. The van der Waals surface area contributed by atoms with Gasteiger partial charge in [0.25, 0.3) is 0 Å². The van der Waals surface area contributed by atoms with Gasteiger partial charge in [-0.25, -0.2) is 0 Å². The SMILES string of the molecule is CC1=NC1(N)c1cccc(C)c1. The first-order valence-corrected chi connectivity index (χ1v) is 4.06. The number of rotatable bonds is 1. The highest BCUT2D eigenvalue weighted by molar-refractivity contribution is 6.03. The van der Waals surface area contributed by atoms with E-state index in [-0.39, 0.29) is 0 Å². The van der Waals surface area contributed by atoms with Crippen molar-refractivity contribution >= 4 is 5.71 Å². The summed E-state index contributed by atoms with van der Waals surface area (Å²) in [7, 11) is 0. The third-order valence-corrected chi connectivity index (χ3v) is 2.30. The van der Waals surface area contributed by atoms with Crippen molar-refractivity contribution in [1.29, 1.82) is 0 Å². The zero-order valence-electron chi connectivity index (χ0n) is 7.33. The lowest BCUT2D eigenvalue weighted by Gasteiger charge is -2.08. The van der Waals surface area contributed by atoms with Crippen molar-refractivity contribution in [3.8, 4) is 0 Å². The lowest BCUT2D eigenvalue weighted by molar-refractivity contribution is 0.755. The largest absolute Gasteiger partial charge is 0.299 e. The summed E-state index contributed by atoms with van der Waals surface area (Å²) in [5.74, 6) is 0. The molecule has 0 aliphatic carbocycles. The zero-order chi connectivity index (χ0) is 8.77. The van der Waals surface area contributed by atoms with Gasteiger partial charge in [-0.2, -0.15) is 0 Å². The highest BCUT2D eigenvalue weighted by Gasteiger charge is 2.41. The Bertz CT molecular complexity index is 355. The Kier molecular flexibility index (Phi) is 1.36. The predicted molar refractivity (Wildman–Crippen MR) is 50.2 cm³/mol. The smallest absolute Gasteiger partial charge is 0.172 e. The first kappa shape index (κ1) is 7.50. The molecule has 0 spiro atoms. The first-order chi connectivity index (χ1) is 5.63. The topological polar surface area (TPSA) is 38.4 Å². The van der Waals surface area contributed by atoms with Crippen molar-refractivity contribution in [3.63, 3.8) is 0 Å². The van der Waals surface area contributed by atoms with Crippen molar-refractivity contribution in [2.24, 2.45) is 10.7 Å². The molecule has 1 aromatic rings. The molecule has 62 valence electrons. The zero-order valence-corrected chi connectivity index (χ0v) is 7.33. The Morgan fingerprint density at radius 1 is 1.33 bits per heavy atom. The van der Waals surface area contributed by atoms with Crippen LogP contribution in [0, 0.1) is 6.92 Å². The van der Waals surface area contributed by atoms with Crippen LogP contribution >= 0.6 is 0 Å². The number of benzene rings is 1. The molecule has 0 radical (unpaired) electrons. The van der Waals surface area contributed by atoms with E-state index in [0.717, 1.165) is 11.3 Å². The third kappa shape index (κ3) is 0.959. The van der Waals surface area contributed by atoms with Gasteiger partial charge in [-0.1, -0.05) is 29.8 Å². The molecule has 2 nitrogen and oxygen atoms in total. The summed E-state index contributed by atoms with van der Waals surface area (Å²) >= 11 is 0. The van der Waals surface area contributed by atoms with Crippen molar-refractivity contribution in [2.75, 3.05) is 0 Å². The average molecular weight is 160 g/mol. The highest BCUT2D eigenvalue weighted by atomic mass is 15.2. The maximum absolute atomic E-state index is 5.98. The Morgan fingerprint density at radius 3 is 2.50 bits per heavy atom. The van der Waals surface area contributed by atoms with E-state index in [4.69, 9.17) is 5.73 Å². The summed E-state index contributed by atoms with van der Waals surface area (Å²) in [6.07, 6.45) is 0. The minimum atomic E-state index is -0.466. The molecular formula is C10H12N2. The molecule has 0 bridgehead atoms. The first-order valence-electron chi connectivity index (χ1n) is 4.06. The molecule has 1 aromatic carbocycles. The molecule has 0 amide bonds. The molecule has 1 atom stereocenters. The minimum Gasteiger partial charge on any atom is -0.299 e. The van der Waals surface area contributed by atoms with Gasteiger partial charge in [-0.15, -0.1) is 0 Å². The minimum absolute atomic E-state index is 0.466. The van der Waals surface area contributed by atoms with Crippen molar-refractivity contribution < 1.29 is 0 Å². The quantitative estimate of drug-likeness (QED) is 0.665. The second-order valence-corrected chi connectivity index (χ2v) is 3.33. The van der Waals surface area contributed by atoms with Gasteiger partial charge in [0.1, 0.15) is 0 Å². The van der Waals surface area contributed by atoms with Crippen molar-refractivity contribution in [2.45, 2.75) is 19.5 Å². The predicted octanol–water partition coefficient (Wildman–Crippen LogP) is 1.58. The van der Waals surface area contributed by atoms with E-state index >= 15 is 0 Å². The fraction of sp³-hybridized carbons (Fsp3) is 0.300.